The minimum Gasteiger partial charge on any atom is -0.465 e. The van der Waals surface area contributed by atoms with Crippen LogP contribution in [0, 0.1) is 10.1 Å². The Morgan fingerprint density at radius 2 is 1.71 bits per heavy atom. The Kier molecular flexibility index (Phi) is 9.93. The molecule has 0 radical (unpaired) electrons. The molecule has 11 nitrogen and oxygen atoms in total. The van der Waals surface area contributed by atoms with Gasteiger partial charge in [-0.2, -0.15) is 0 Å². The van der Waals surface area contributed by atoms with Gasteiger partial charge >= 0.3 is 6.09 Å². The fourth-order valence-electron chi connectivity index (χ4n) is 3.25. The molecular formula is C22H29N3O8S. The molecule has 2 aromatic carbocycles. The van der Waals surface area contributed by atoms with Crippen LogP contribution in [0.4, 0.5) is 10.5 Å². The van der Waals surface area contributed by atoms with Crippen LogP contribution in [0.1, 0.15) is 32.3 Å². The molecule has 3 N–H and O–H groups in total. The summed E-state index contributed by atoms with van der Waals surface area (Å²) in [5, 5.41) is 33.3. The van der Waals surface area contributed by atoms with Crippen LogP contribution in [0.3, 0.4) is 0 Å². The van der Waals surface area contributed by atoms with Gasteiger partial charge in [-0.05, 0) is 37.0 Å². The van der Waals surface area contributed by atoms with Gasteiger partial charge in [-0.3, -0.25) is 15.0 Å². The predicted octanol–water partition coefficient (Wildman–Crippen LogP) is 2.95. The first-order chi connectivity index (χ1) is 16.1. The second-order valence-electron chi connectivity index (χ2n) is 7.60. The van der Waals surface area contributed by atoms with E-state index in [1.165, 1.54) is 0 Å². The average Bonchev–Trinajstić information content (AvgIpc) is 2.81. The maximum absolute atomic E-state index is 13.3. The SMILES string of the molecule is CCC(CC)ON(C[C@H](O)[C@H](Cc1ccccc1)NC(=O)O)S(=O)(=O)c1ccc([N+](=O)[O-])cc1. The summed E-state index contributed by atoms with van der Waals surface area (Å²) in [4.78, 5) is 27.0. The van der Waals surface area contributed by atoms with Crippen LogP contribution in [0.25, 0.3) is 0 Å². The quantitative estimate of drug-likeness (QED) is 0.282. The highest BCUT2D eigenvalue weighted by molar-refractivity contribution is 7.89. The first kappa shape index (κ1) is 27.2. The Labute approximate surface area is 198 Å². The van der Waals surface area contributed by atoms with Crippen molar-refractivity contribution in [3.8, 4) is 0 Å². The van der Waals surface area contributed by atoms with E-state index in [1.807, 2.05) is 13.8 Å². The highest BCUT2D eigenvalue weighted by atomic mass is 32.2. The van der Waals surface area contributed by atoms with E-state index in [0.717, 1.165) is 29.8 Å². The van der Waals surface area contributed by atoms with Crippen LogP contribution >= 0.6 is 0 Å². The Morgan fingerprint density at radius 3 is 2.21 bits per heavy atom. The smallest absolute Gasteiger partial charge is 0.404 e. The number of hydrogen-bond donors (Lipinski definition) is 3. The lowest BCUT2D eigenvalue weighted by atomic mass is 10.0. The summed E-state index contributed by atoms with van der Waals surface area (Å²) in [5.41, 5.74) is 0.464. The summed E-state index contributed by atoms with van der Waals surface area (Å²) >= 11 is 0. The van der Waals surface area contributed by atoms with Gasteiger partial charge in [-0.1, -0.05) is 48.6 Å². The molecular weight excluding hydrogens is 466 g/mol. The first-order valence-electron chi connectivity index (χ1n) is 10.7. The zero-order chi connectivity index (χ0) is 25.3. The minimum absolute atomic E-state index is 0.116. The summed E-state index contributed by atoms with van der Waals surface area (Å²) in [6, 6.07) is 12.1. The second kappa shape index (κ2) is 12.4. The Balaban J connectivity index is 2.35. The maximum atomic E-state index is 13.3. The van der Waals surface area contributed by atoms with E-state index < -0.39 is 45.8 Å². The van der Waals surface area contributed by atoms with Crippen molar-refractivity contribution in [2.24, 2.45) is 0 Å². The van der Waals surface area contributed by atoms with Gasteiger partial charge in [0.25, 0.3) is 15.7 Å². The summed E-state index contributed by atoms with van der Waals surface area (Å²) in [7, 11) is -4.34. The van der Waals surface area contributed by atoms with Gasteiger partial charge in [0, 0.05) is 12.1 Å². The molecule has 0 heterocycles. The molecule has 0 fully saturated rings. The van der Waals surface area contributed by atoms with E-state index in [0.29, 0.717) is 17.3 Å². The number of benzene rings is 2. The van der Waals surface area contributed by atoms with Gasteiger partial charge in [0.2, 0.25) is 0 Å². The molecule has 0 aromatic heterocycles. The number of aliphatic hydroxyl groups is 1. The molecule has 0 bridgehead atoms. The second-order valence-corrected chi connectivity index (χ2v) is 9.43. The summed E-state index contributed by atoms with van der Waals surface area (Å²) in [6.45, 7) is 3.06. The Morgan fingerprint density at radius 1 is 1.12 bits per heavy atom. The summed E-state index contributed by atoms with van der Waals surface area (Å²) in [5.74, 6) is 0. The molecule has 0 saturated carbocycles. The number of nitro groups is 1. The lowest BCUT2D eigenvalue weighted by Gasteiger charge is -2.30. The zero-order valence-electron chi connectivity index (χ0n) is 18.9. The molecule has 0 aliphatic carbocycles. The predicted molar refractivity (Wildman–Crippen MR) is 124 cm³/mol. The number of aliphatic hydroxyl groups excluding tert-OH is 1. The molecule has 1 amide bonds. The van der Waals surface area contributed by atoms with Gasteiger partial charge in [0.15, 0.2) is 0 Å². The fraction of sp³-hybridized carbons (Fsp3) is 0.409. The monoisotopic (exact) mass is 495 g/mol. The third-order valence-corrected chi connectivity index (χ3v) is 6.84. The van der Waals surface area contributed by atoms with Crippen molar-refractivity contribution in [1.29, 1.82) is 0 Å². The number of amides is 1. The van der Waals surface area contributed by atoms with E-state index in [9.17, 15) is 33.5 Å². The highest BCUT2D eigenvalue weighted by Crippen LogP contribution is 2.23. The molecule has 12 heteroatoms. The third kappa shape index (κ3) is 7.48. The first-order valence-corrected chi connectivity index (χ1v) is 12.2. The topological polar surface area (TPSA) is 159 Å². The zero-order valence-corrected chi connectivity index (χ0v) is 19.7. The number of nitrogens with one attached hydrogen (secondary N) is 1. The molecule has 0 unspecified atom stereocenters. The lowest BCUT2D eigenvalue weighted by molar-refractivity contribution is -0.384. The van der Waals surface area contributed by atoms with Crippen LogP contribution in [0.15, 0.2) is 59.5 Å². The van der Waals surface area contributed by atoms with Crippen LogP contribution in [-0.2, 0) is 21.3 Å². The van der Waals surface area contributed by atoms with Gasteiger partial charge in [0.05, 0.1) is 34.6 Å². The number of sulfonamides is 1. The van der Waals surface area contributed by atoms with Gasteiger partial charge < -0.3 is 15.5 Å². The number of hydrogen-bond acceptors (Lipinski definition) is 7. The summed E-state index contributed by atoms with van der Waals surface area (Å²) in [6.07, 6.45) is -2.23. The number of non-ortho nitro benzene ring substituents is 1. The number of carbonyl (C=O) groups is 1. The van der Waals surface area contributed by atoms with Crippen LogP contribution in [0.5, 0.6) is 0 Å². The van der Waals surface area contributed by atoms with Crippen molar-refractivity contribution in [2.75, 3.05) is 6.54 Å². The number of hydroxylamine groups is 1. The van der Waals surface area contributed by atoms with E-state index in [1.54, 1.807) is 30.3 Å². The van der Waals surface area contributed by atoms with Crippen LogP contribution in [0.2, 0.25) is 0 Å². The van der Waals surface area contributed by atoms with E-state index >= 15 is 0 Å². The lowest BCUT2D eigenvalue weighted by Crippen LogP contribution is -2.50. The maximum Gasteiger partial charge on any atom is 0.404 e. The number of nitrogens with zero attached hydrogens (tertiary/aromatic N) is 2. The standard InChI is InChI=1S/C22H29N3O8S/c1-3-18(4-2)33-24(34(31,32)19-12-10-17(11-13-19)25(29)30)15-21(26)20(23-22(27)28)14-16-8-6-5-7-9-16/h5-13,18,20-21,23,26H,3-4,14-15H2,1-2H3,(H,27,28)/t20-,21-/m0/s1. The van der Waals surface area contributed by atoms with E-state index in [4.69, 9.17) is 4.84 Å². The third-order valence-electron chi connectivity index (χ3n) is 5.20. The number of rotatable bonds is 13. The van der Waals surface area contributed by atoms with Crippen molar-refractivity contribution in [1.82, 2.24) is 9.79 Å². The van der Waals surface area contributed by atoms with Crippen molar-refractivity contribution >= 4 is 21.8 Å². The molecule has 186 valence electrons. The van der Waals surface area contributed by atoms with Crippen molar-refractivity contribution in [3.05, 3.63) is 70.3 Å². The Bertz CT molecular complexity index is 1040. The molecule has 0 saturated heterocycles. The number of carboxylic acid groups (broad SMARTS) is 1. The molecule has 2 aromatic rings. The molecule has 0 aliphatic heterocycles. The highest BCUT2D eigenvalue weighted by Gasteiger charge is 2.33. The van der Waals surface area contributed by atoms with Gasteiger partial charge in [-0.25, -0.2) is 13.2 Å². The Hall–Kier alpha value is -3.06. The fourth-order valence-corrected chi connectivity index (χ4v) is 4.55. The minimum atomic E-state index is -4.34. The molecule has 0 spiro atoms. The summed E-state index contributed by atoms with van der Waals surface area (Å²) < 4.78 is 27.2. The van der Waals surface area contributed by atoms with Crippen molar-refractivity contribution < 1.29 is 33.2 Å². The van der Waals surface area contributed by atoms with Crippen molar-refractivity contribution in [2.45, 2.75) is 56.3 Å². The van der Waals surface area contributed by atoms with Crippen molar-refractivity contribution in [3.63, 3.8) is 0 Å². The van der Waals surface area contributed by atoms with Crippen LogP contribution < -0.4 is 5.32 Å². The van der Waals surface area contributed by atoms with E-state index in [-0.39, 0.29) is 17.0 Å². The largest absolute Gasteiger partial charge is 0.465 e. The van der Waals surface area contributed by atoms with Crippen LogP contribution in [-0.4, -0.2) is 58.9 Å². The molecule has 34 heavy (non-hydrogen) atoms. The molecule has 2 rings (SSSR count). The normalized spacial score (nSPS) is 13.6. The number of nitro benzene ring substituents is 1. The molecule has 2 atom stereocenters. The van der Waals surface area contributed by atoms with E-state index in [2.05, 4.69) is 5.32 Å². The average molecular weight is 496 g/mol. The van der Waals surface area contributed by atoms with Gasteiger partial charge in [-0.15, -0.1) is 0 Å². The van der Waals surface area contributed by atoms with Gasteiger partial charge in [0.1, 0.15) is 0 Å². The molecule has 0 aliphatic rings.